The van der Waals surface area contributed by atoms with Crippen LogP contribution in [-0.4, -0.2) is 16.7 Å². The number of hydrogen-bond acceptors (Lipinski definition) is 3. The van der Waals surface area contributed by atoms with Crippen LogP contribution in [0, 0.1) is 5.92 Å². The summed E-state index contributed by atoms with van der Waals surface area (Å²) >= 11 is 0. The zero-order valence-corrected chi connectivity index (χ0v) is 12.2. The number of fused-ring (bicyclic) bond motifs is 1. The molecule has 0 radical (unpaired) electrons. The second-order valence-electron chi connectivity index (χ2n) is 5.38. The highest BCUT2D eigenvalue weighted by Gasteiger charge is 2.17. The van der Waals surface area contributed by atoms with E-state index in [-0.39, 0.29) is 6.10 Å². The van der Waals surface area contributed by atoms with Gasteiger partial charge >= 0.3 is 0 Å². The van der Waals surface area contributed by atoms with Crippen LogP contribution in [-0.2, 0) is 17.8 Å². The van der Waals surface area contributed by atoms with Crippen molar-refractivity contribution >= 4 is 11.0 Å². The van der Waals surface area contributed by atoms with Crippen molar-refractivity contribution in [2.75, 3.05) is 7.11 Å². The van der Waals surface area contributed by atoms with E-state index < -0.39 is 0 Å². The molecule has 0 spiro atoms. The molecule has 2 N–H and O–H groups in total. The molecule has 0 saturated carbocycles. The lowest BCUT2D eigenvalue weighted by Gasteiger charge is -2.15. The zero-order chi connectivity index (χ0) is 14.0. The molecule has 2 aromatic rings. The summed E-state index contributed by atoms with van der Waals surface area (Å²) in [5.41, 5.74) is 8.96. The van der Waals surface area contributed by atoms with Crippen LogP contribution in [0.25, 0.3) is 11.0 Å². The molecule has 1 aromatic carbocycles. The molecule has 1 atom stereocenters. The van der Waals surface area contributed by atoms with Gasteiger partial charge in [0.1, 0.15) is 11.9 Å². The Kier molecular flexibility index (Phi) is 4.22. The van der Waals surface area contributed by atoms with Crippen molar-refractivity contribution in [1.29, 1.82) is 0 Å². The van der Waals surface area contributed by atoms with Crippen LogP contribution in [0.3, 0.4) is 0 Å². The van der Waals surface area contributed by atoms with Gasteiger partial charge in [0.2, 0.25) is 0 Å². The first-order valence-electron chi connectivity index (χ1n) is 6.78. The van der Waals surface area contributed by atoms with Gasteiger partial charge in [0.25, 0.3) is 0 Å². The molecule has 0 fully saturated rings. The lowest BCUT2D eigenvalue weighted by molar-refractivity contribution is 0.108. The molecule has 0 aliphatic carbocycles. The van der Waals surface area contributed by atoms with Crippen molar-refractivity contribution in [1.82, 2.24) is 9.55 Å². The fourth-order valence-electron chi connectivity index (χ4n) is 2.29. The highest BCUT2D eigenvalue weighted by atomic mass is 16.5. The second-order valence-corrected chi connectivity index (χ2v) is 5.38. The van der Waals surface area contributed by atoms with Gasteiger partial charge in [-0.1, -0.05) is 19.9 Å². The lowest BCUT2D eigenvalue weighted by Crippen LogP contribution is -2.11. The Hall–Kier alpha value is -1.39. The number of ether oxygens (including phenoxy) is 1. The topological polar surface area (TPSA) is 53.1 Å². The molecular formula is C15H23N3O. The number of aromatic nitrogens is 2. The zero-order valence-electron chi connectivity index (χ0n) is 12.2. The van der Waals surface area contributed by atoms with Gasteiger partial charge in [-0.15, -0.1) is 0 Å². The van der Waals surface area contributed by atoms with Gasteiger partial charge in [-0.05, 0) is 30.5 Å². The quantitative estimate of drug-likeness (QED) is 0.900. The maximum absolute atomic E-state index is 5.69. The van der Waals surface area contributed by atoms with Gasteiger partial charge in [0.05, 0.1) is 11.0 Å². The molecule has 0 saturated heterocycles. The highest BCUT2D eigenvalue weighted by molar-refractivity contribution is 5.77. The number of nitrogens with zero attached hydrogens (tertiary/aromatic N) is 2. The second kappa shape index (κ2) is 5.72. The third kappa shape index (κ3) is 2.80. The molecule has 4 heteroatoms. The standard InChI is InChI=1S/C15H23N3O/c1-10(2)9-18-14-6-5-12(8-16)7-13(14)17-15(18)11(3)19-4/h5-7,10-11H,8-9,16H2,1-4H3. The van der Waals surface area contributed by atoms with Gasteiger partial charge in [-0.2, -0.15) is 0 Å². The molecule has 2 rings (SSSR count). The summed E-state index contributed by atoms with van der Waals surface area (Å²) in [5, 5.41) is 0. The maximum atomic E-state index is 5.69. The molecular weight excluding hydrogens is 238 g/mol. The molecule has 1 aromatic heterocycles. The summed E-state index contributed by atoms with van der Waals surface area (Å²) in [5.74, 6) is 1.55. The minimum absolute atomic E-state index is 0.00697. The Labute approximate surface area is 114 Å². The van der Waals surface area contributed by atoms with E-state index in [4.69, 9.17) is 15.5 Å². The maximum Gasteiger partial charge on any atom is 0.138 e. The summed E-state index contributed by atoms with van der Waals surface area (Å²) in [7, 11) is 1.72. The van der Waals surface area contributed by atoms with Crippen LogP contribution >= 0.6 is 0 Å². The van der Waals surface area contributed by atoms with Gasteiger partial charge in [0, 0.05) is 20.2 Å². The van der Waals surface area contributed by atoms with E-state index in [1.165, 1.54) is 0 Å². The van der Waals surface area contributed by atoms with Crippen LogP contribution in [0.4, 0.5) is 0 Å². The Morgan fingerprint density at radius 2 is 2.05 bits per heavy atom. The van der Waals surface area contributed by atoms with Crippen LogP contribution in [0.1, 0.15) is 38.3 Å². The number of methoxy groups -OCH3 is 1. The molecule has 0 bridgehead atoms. The molecule has 1 heterocycles. The van der Waals surface area contributed by atoms with E-state index in [2.05, 4.69) is 36.6 Å². The van der Waals surface area contributed by atoms with E-state index in [1.54, 1.807) is 7.11 Å². The summed E-state index contributed by atoms with van der Waals surface area (Å²) in [6.07, 6.45) is -0.00697. The van der Waals surface area contributed by atoms with Crippen LogP contribution in [0.2, 0.25) is 0 Å². The van der Waals surface area contributed by atoms with E-state index in [9.17, 15) is 0 Å². The van der Waals surface area contributed by atoms with Crippen LogP contribution < -0.4 is 5.73 Å². The van der Waals surface area contributed by atoms with Crippen molar-refractivity contribution in [3.63, 3.8) is 0 Å². The average molecular weight is 261 g/mol. The lowest BCUT2D eigenvalue weighted by atomic mass is 10.2. The number of nitrogens with two attached hydrogens (primary N) is 1. The molecule has 4 nitrogen and oxygen atoms in total. The smallest absolute Gasteiger partial charge is 0.138 e. The number of hydrogen-bond donors (Lipinski definition) is 1. The van der Waals surface area contributed by atoms with Crippen molar-refractivity contribution in [3.8, 4) is 0 Å². The molecule has 19 heavy (non-hydrogen) atoms. The monoisotopic (exact) mass is 261 g/mol. The molecule has 104 valence electrons. The summed E-state index contributed by atoms with van der Waals surface area (Å²) in [6, 6.07) is 6.25. The Bertz CT molecular complexity index is 560. The molecule has 1 unspecified atom stereocenters. The number of rotatable bonds is 5. The van der Waals surface area contributed by atoms with Crippen LogP contribution in [0.15, 0.2) is 18.2 Å². The third-order valence-corrected chi connectivity index (χ3v) is 3.34. The minimum Gasteiger partial charge on any atom is -0.374 e. The Morgan fingerprint density at radius 1 is 1.32 bits per heavy atom. The molecule has 0 amide bonds. The fraction of sp³-hybridized carbons (Fsp3) is 0.533. The first-order valence-corrected chi connectivity index (χ1v) is 6.78. The minimum atomic E-state index is -0.00697. The predicted molar refractivity (Wildman–Crippen MR) is 77.9 cm³/mol. The Balaban J connectivity index is 2.58. The van der Waals surface area contributed by atoms with E-state index >= 15 is 0 Å². The summed E-state index contributed by atoms with van der Waals surface area (Å²) in [6.45, 7) is 7.94. The Morgan fingerprint density at radius 3 is 2.63 bits per heavy atom. The first kappa shape index (κ1) is 14.0. The number of imidazole rings is 1. The van der Waals surface area contributed by atoms with Crippen molar-refractivity contribution in [2.45, 2.75) is 40.0 Å². The molecule has 0 aliphatic rings. The van der Waals surface area contributed by atoms with Crippen LogP contribution in [0.5, 0.6) is 0 Å². The highest BCUT2D eigenvalue weighted by Crippen LogP contribution is 2.24. The molecule has 0 aliphatic heterocycles. The summed E-state index contributed by atoms with van der Waals surface area (Å²) in [4.78, 5) is 4.73. The first-order chi connectivity index (χ1) is 9.06. The van der Waals surface area contributed by atoms with Gasteiger partial charge in [-0.25, -0.2) is 4.98 Å². The van der Waals surface area contributed by atoms with Gasteiger partial charge in [0.15, 0.2) is 0 Å². The van der Waals surface area contributed by atoms with Gasteiger partial charge in [-0.3, -0.25) is 0 Å². The van der Waals surface area contributed by atoms with Gasteiger partial charge < -0.3 is 15.0 Å². The normalized spacial score (nSPS) is 13.4. The summed E-state index contributed by atoms with van der Waals surface area (Å²) < 4.78 is 7.69. The SMILES string of the molecule is COC(C)c1nc2cc(CN)ccc2n1CC(C)C. The fourth-order valence-corrected chi connectivity index (χ4v) is 2.29. The average Bonchev–Trinajstić information content (AvgIpc) is 2.75. The van der Waals surface area contributed by atoms with Crippen molar-refractivity contribution in [2.24, 2.45) is 11.7 Å². The predicted octanol–water partition coefficient (Wildman–Crippen LogP) is 2.86. The van der Waals surface area contributed by atoms with E-state index in [0.717, 1.165) is 29.0 Å². The van der Waals surface area contributed by atoms with E-state index in [0.29, 0.717) is 12.5 Å². The van der Waals surface area contributed by atoms with E-state index in [1.807, 2.05) is 6.92 Å². The van der Waals surface area contributed by atoms with Crippen molar-refractivity contribution in [3.05, 3.63) is 29.6 Å². The number of benzene rings is 1. The third-order valence-electron chi connectivity index (χ3n) is 3.34. The van der Waals surface area contributed by atoms with Crippen molar-refractivity contribution < 1.29 is 4.74 Å². The largest absolute Gasteiger partial charge is 0.374 e.